The molecule has 1 radical (unpaired) electrons. The quantitative estimate of drug-likeness (QED) is 0.512. The van der Waals surface area contributed by atoms with Gasteiger partial charge in [0.2, 0.25) is 0 Å². The van der Waals surface area contributed by atoms with Crippen LogP contribution in [0.15, 0.2) is 0 Å². The molecule has 0 aromatic rings. The van der Waals surface area contributed by atoms with Gasteiger partial charge in [-0.3, -0.25) is 4.39 Å². The van der Waals surface area contributed by atoms with Gasteiger partial charge in [-0.1, -0.05) is 0 Å². The number of alkyl halides is 1. The van der Waals surface area contributed by atoms with Gasteiger partial charge in [0, 0.05) is 0 Å². The SMILES string of the molecule is [CH2]CSCCCF. The first-order chi connectivity index (χ1) is 3.41. The summed E-state index contributed by atoms with van der Waals surface area (Å²) in [4.78, 5) is 0. The van der Waals surface area contributed by atoms with E-state index in [0.717, 1.165) is 11.5 Å². The first-order valence-electron chi connectivity index (χ1n) is 2.34. The summed E-state index contributed by atoms with van der Waals surface area (Å²) in [5.41, 5.74) is 0. The van der Waals surface area contributed by atoms with E-state index in [4.69, 9.17) is 0 Å². The number of hydrogen-bond donors (Lipinski definition) is 0. The van der Waals surface area contributed by atoms with Crippen molar-refractivity contribution < 1.29 is 4.39 Å². The smallest absolute Gasteiger partial charge is 0.0902 e. The third-order valence-electron chi connectivity index (χ3n) is 0.567. The van der Waals surface area contributed by atoms with Crippen molar-refractivity contribution in [1.82, 2.24) is 0 Å². The lowest BCUT2D eigenvalue weighted by atomic mass is 10.6. The predicted molar refractivity (Wildman–Crippen MR) is 33.3 cm³/mol. The molecule has 0 aliphatic heterocycles. The molecule has 0 saturated carbocycles. The van der Waals surface area contributed by atoms with Crippen LogP contribution in [0.1, 0.15) is 6.42 Å². The highest BCUT2D eigenvalue weighted by atomic mass is 32.2. The number of thioether (sulfide) groups is 1. The maximum atomic E-state index is 11.3. The molecule has 0 aliphatic carbocycles. The molecule has 0 fully saturated rings. The molecule has 0 N–H and O–H groups in total. The molecule has 7 heavy (non-hydrogen) atoms. The molecule has 0 aliphatic rings. The summed E-state index contributed by atoms with van der Waals surface area (Å²) in [6.45, 7) is 3.41. The number of halogens is 1. The van der Waals surface area contributed by atoms with Gasteiger partial charge in [-0.2, -0.15) is 11.8 Å². The molecular weight excluding hydrogens is 111 g/mol. The van der Waals surface area contributed by atoms with Crippen molar-refractivity contribution in [3.63, 3.8) is 0 Å². The molecule has 0 unspecified atom stereocenters. The van der Waals surface area contributed by atoms with Crippen molar-refractivity contribution in [1.29, 1.82) is 0 Å². The molecule has 0 nitrogen and oxygen atoms in total. The standard InChI is InChI=1S/C5H10FS/c1-2-7-5-3-4-6/h1-5H2. The summed E-state index contributed by atoms with van der Waals surface area (Å²) in [6.07, 6.45) is 0.681. The van der Waals surface area contributed by atoms with Crippen LogP contribution in [0.25, 0.3) is 0 Å². The Bertz CT molecular complexity index is 27.3. The van der Waals surface area contributed by atoms with E-state index in [0.29, 0.717) is 6.42 Å². The zero-order valence-corrected chi connectivity index (χ0v) is 5.14. The highest BCUT2D eigenvalue weighted by molar-refractivity contribution is 7.99. The molecule has 0 saturated heterocycles. The molecule has 0 aromatic heterocycles. The van der Waals surface area contributed by atoms with Crippen LogP contribution in [0.3, 0.4) is 0 Å². The van der Waals surface area contributed by atoms with Gasteiger partial charge in [-0.15, -0.1) is 0 Å². The third kappa shape index (κ3) is 6.28. The van der Waals surface area contributed by atoms with E-state index < -0.39 is 0 Å². The Kier molecular flexibility index (Phi) is 6.53. The van der Waals surface area contributed by atoms with Crippen molar-refractivity contribution >= 4 is 11.8 Å². The van der Waals surface area contributed by atoms with E-state index in [1.807, 2.05) is 0 Å². The van der Waals surface area contributed by atoms with Crippen LogP contribution in [-0.2, 0) is 0 Å². The van der Waals surface area contributed by atoms with Gasteiger partial charge in [0.15, 0.2) is 0 Å². The highest BCUT2D eigenvalue weighted by Crippen LogP contribution is 1.99. The van der Waals surface area contributed by atoms with Crippen LogP contribution in [0, 0.1) is 6.92 Å². The van der Waals surface area contributed by atoms with Crippen LogP contribution >= 0.6 is 11.8 Å². The fourth-order valence-electron chi connectivity index (χ4n) is 0.259. The van der Waals surface area contributed by atoms with E-state index in [9.17, 15) is 4.39 Å². The van der Waals surface area contributed by atoms with Gasteiger partial charge in [0.05, 0.1) is 6.67 Å². The normalized spacial score (nSPS) is 9.43. The maximum Gasteiger partial charge on any atom is 0.0902 e. The van der Waals surface area contributed by atoms with Crippen molar-refractivity contribution in [3.05, 3.63) is 6.92 Å². The van der Waals surface area contributed by atoms with E-state index in [-0.39, 0.29) is 6.67 Å². The van der Waals surface area contributed by atoms with Gasteiger partial charge in [0.25, 0.3) is 0 Å². The second-order valence-corrected chi connectivity index (χ2v) is 2.38. The average molecular weight is 121 g/mol. The average Bonchev–Trinajstić information content (AvgIpc) is 1.69. The van der Waals surface area contributed by atoms with Gasteiger partial charge < -0.3 is 0 Å². The first kappa shape index (κ1) is 7.28. The maximum absolute atomic E-state index is 11.3. The molecule has 0 aromatic carbocycles. The van der Waals surface area contributed by atoms with Crippen LogP contribution in [0.4, 0.5) is 4.39 Å². The molecule has 0 amide bonds. The third-order valence-corrected chi connectivity index (χ3v) is 1.43. The minimum Gasteiger partial charge on any atom is -0.251 e. The largest absolute Gasteiger partial charge is 0.251 e. The molecule has 0 rings (SSSR count). The lowest BCUT2D eigenvalue weighted by Gasteiger charge is -1.89. The molecule has 0 heterocycles. The van der Waals surface area contributed by atoms with Crippen LogP contribution < -0.4 is 0 Å². The van der Waals surface area contributed by atoms with Crippen molar-refractivity contribution in [2.45, 2.75) is 6.42 Å². The Labute approximate surface area is 48.5 Å². The lowest BCUT2D eigenvalue weighted by Crippen LogP contribution is -1.80. The summed E-state index contributed by atoms with van der Waals surface area (Å²) < 4.78 is 11.3. The second kappa shape index (κ2) is 6.28. The lowest BCUT2D eigenvalue weighted by molar-refractivity contribution is 0.489. The van der Waals surface area contributed by atoms with E-state index >= 15 is 0 Å². The number of rotatable bonds is 4. The Balaban J connectivity index is 2.45. The Morgan fingerprint density at radius 3 is 2.71 bits per heavy atom. The first-order valence-corrected chi connectivity index (χ1v) is 3.50. The summed E-state index contributed by atoms with van der Waals surface area (Å²) >= 11 is 1.68. The van der Waals surface area contributed by atoms with Gasteiger partial charge >= 0.3 is 0 Å². The minimum absolute atomic E-state index is 0.188. The van der Waals surface area contributed by atoms with Crippen molar-refractivity contribution in [3.8, 4) is 0 Å². The highest BCUT2D eigenvalue weighted by Gasteiger charge is 1.82. The summed E-state index contributed by atoms with van der Waals surface area (Å²) in [5, 5.41) is 0. The minimum atomic E-state index is -0.188. The Morgan fingerprint density at radius 2 is 2.29 bits per heavy atom. The van der Waals surface area contributed by atoms with Crippen molar-refractivity contribution in [2.24, 2.45) is 0 Å². The Hall–Kier alpha value is 0.280. The van der Waals surface area contributed by atoms with Crippen LogP contribution in [0.2, 0.25) is 0 Å². The summed E-state index contributed by atoms with van der Waals surface area (Å²) in [6, 6.07) is 0. The predicted octanol–water partition coefficient (Wildman–Crippen LogP) is 1.91. The molecule has 0 bridgehead atoms. The van der Waals surface area contributed by atoms with E-state index in [1.165, 1.54) is 0 Å². The topological polar surface area (TPSA) is 0 Å². The van der Waals surface area contributed by atoms with Crippen LogP contribution in [0.5, 0.6) is 0 Å². The monoisotopic (exact) mass is 121 g/mol. The number of hydrogen-bond acceptors (Lipinski definition) is 1. The Morgan fingerprint density at radius 1 is 1.57 bits per heavy atom. The fraction of sp³-hybridized carbons (Fsp3) is 0.800. The molecule has 0 spiro atoms. The van der Waals surface area contributed by atoms with Gasteiger partial charge in [-0.25, -0.2) is 0 Å². The van der Waals surface area contributed by atoms with Crippen molar-refractivity contribution in [2.75, 3.05) is 18.2 Å². The summed E-state index contributed by atoms with van der Waals surface area (Å²) in [5.74, 6) is 1.78. The molecule has 43 valence electrons. The fourth-order valence-corrected chi connectivity index (χ4v) is 0.776. The molecule has 0 atom stereocenters. The second-order valence-electron chi connectivity index (χ2n) is 1.15. The van der Waals surface area contributed by atoms with E-state index in [1.54, 1.807) is 11.8 Å². The summed E-state index contributed by atoms with van der Waals surface area (Å²) in [7, 11) is 0. The molecule has 2 heteroatoms. The van der Waals surface area contributed by atoms with Gasteiger partial charge in [-0.05, 0) is 24.9 Å². The van der Waals surface area contributed by atoms with Crippen LogP contribution in [-0.4, -0.2) is 18.2 Å². The molecular formula is C5H10FS. The van der Waals surface area contributed by atoms with E-state index in [2.05, 4.69) is 6.92 Å². The van der Waals surface area contributed by atoms with Gasteiger partial charge in [0.1, 0.15) is 0 Å². The zero-order valence-electron chi connectivity index (χ0n) is 4.32. The zero-order chi connectivity index (χ0) is 5.54.